The van der Waals surface area contributed by atoms with E-state index >= 15 is 0 Å². The molecule has 4 heteroatoms. The summed E-state index contributed by atoms with van der Waals surface area (Å²) in [5.41, 5.74) is 7.53. The Kier molecular flexibility index (Phi) is 3.52. The number of rotatable bonds is 2. The third-order valence-electron chi connectivity index (χ3n) is 3.07. The van der Waals surface area contributed by atoms with Crippen molar-refractivity contribution in [2.75, 3.05) is 25.9 Å². The van der Waals surface area contributed by atoms with E-state index in [4.69, 9.17) is 5.73 Å². The minimum absolute atomic E-state index is 0.116. The molecular formula is C13H19N3O. The van der Waals surface area contributed by atoms with Gasteiger partial charge >= 0.3 is 6.03 Å². The van der Waals surface area contributed by atoms with Crippen LogP contribution < -0.4 is 5.73 Å². The van der Waals surface area contributed by atoms with E-state index in [2.05, 4.69) is 0 Å². The van der Waals surface area contributed by atoms with Crippen LogP contribution in [0.15, 0.2) is 24.3 Å². The average molecular weight is 233 g/mol. The summed E-state index contributed by atoms with van der Waals surface area (Å²) >= 11 is 0. The van der Waals surface area contributed by atoms with Crippen LogP contribution in [0.2, 0.25) is 0 Å². The van der Waals surface area contributed by atoms with Crippen LogP contribution in [0, 0.1) is 0 Å². The van der Waals surface area contributed by atoms with Gasteiger partial charge in [0.1, 0.15) is 0 Å². The van der Waals surface area contributed by atoms with Crippen molar-refractivity contribution in [3.8, 4) is 0 Å². The highest BCUT2D eigenvalue weighted by atomic mass is 16.2. The van der Waals surface area contributed by atoms with Crippen molar-refractivity contribution in [1.29, 1.82) is 0 Å². The number of amides is 2. The Morgan fingerprint density at radius 2 is 2.12 bits per heavy atom. The molecule has 1 heterocycles. The van der Waals surface area contributed by atoms with Gasteiger partial charge in [0.25, 0.3) is 0 Å². The number of urea groups is 1. The Morgan fingerprint density at radius 3 is 2.76 bits per heavy atom. The van der Waals surface area contributed by atoms with Crippen molar-refractivity contribution in [3.63, 3.8) is 0 Å². The van der Waals surface area contributed by atoms with Crippen LogP contribution in [0.4, 0.5) is 10.5 Å². The Morgan fingerprint density at radius 1 is 1.41 bits per heavy atom. The molecule has 0 saturated carbocycles. The first kappa shape index (κ1) is 11.8. The summed E-state index contributed by atoms with van der Waals surface area (Å²) in [7, 11) is 1.84. The summed E-state index contributed by atoms with van der Waals surface area (Å²) in [4.78, 5) is 15.7. The maximum absolute atomic E-state index is 12.1. The molecule has 0 atom stereocenters. The molecule has 1 aromatic carbocycles. The highest BCUT2D eigenvalue weighted by molar-refractivity contribution is 5.74. The van der Waals surface area contributed by atoms with Crippen LogP contribution in [-0.4, -0.2) is 36.0 Å². The Hall–Kier alpha value is -1.71. The van der Waals surface area contributed by atoms with Crippen LogP contribution >= 0.6 is 0 Å². The van der Waals surface area contributed by atoms with Crippen LogP contribution in [0.5, 0.6) is 0 Å². The second-order valence-electron chi connectivity index (χ2n) is 4.58. The molecule has 17 heavy (non-hydrogen) atoms. The zero-order valence-corrected chi connectivity index (χ0v) is 10.2. The first-order valence-electron chi connectivity index (χ1n) is 6.01. The van der Waals surface area contributed by atoms with Gasteiger partial charge in [-0.3, -0.25) is 0 Å². The number of nitrogen functional groups attached to an aromatic ring is 1. The number of hydrogen-bond donors (Lipinski definition) is 1. The molecule has 0 unspecified atom stereocenters. The number of hydrogen-bond acceptors (Lipinski definition) is 2. The van der Waals surface area contributed by atoms with Gasteiger partial charge in [-0.2, -0.15) is 0 Å². The molecule has 0 radical (unpaired) electrons. The smallest absolute Gasteiger partial charge is 0.320 e. The Labute approximate surface area is 102 Å². The number of anilines is 1. The number of likely N-dealkylation sites (tertiary alicyclic amines) is 1. The Balaban J connectivity index is 1.96. The molecule has 92 valence electrons. The van der Waals surface area contributed by atoms with Gasteiger partial charge in [0.15, 0.2) is 0 Å². The number of nitrogens with two attached hydrogens (primary N) is 1. The van der Waals surface area contributed by atoms with E-state index in [1.807, 2.05) is 36.2 Å². The normalized spacial score (nSPS) is 15.0. The van der Waals surface area contributed by atoms with Crippen LogP contribution in [0.1, 0.15) is 18.4 Å². The summed E-state index contributed by atoms with van der Waals surface area (Å²) in [5.74, 6) is 0. The average Bonchev–Trinajstić information content (AvgIpc) is 2.81. The van der Waals surface area contributed by atoms with E-state index in [1.165, 1.54) is 0 Å². The van der Waals surface area contributed by atoms with Gasteiger partial charge < -0.3 is 15.5 Å². The van der Waals surface area contributed by atoms with Crippen LogP contribution in [0.25, 0.3) is 0 Å². The molecule has 0 spiro atoms. The van der Waals surface area contributed by atoms with Crippen molar-refractivity contribution in [2.45, 2.75) is 19.4 Å². The fourth-order valence-electron chi connectivity index (χ4n) is 2.18. The first-order chi connectivity index (χ1) is 8.16. The number of benzene rings is 1. The third kappa shape index (κ3) is 2.90. The lowest BCUT2D eigenvalue weighted by Gasteiger charge is -2.24. The van der Waals surface area contributed by atoms with E-state index in [0.29, 0.717) is 6.54 Å². The topological polar surface area (TPSA) is 49.6 Å². The van der Waals surface area contributed by atoms with Crippen molar-refractivity contribution in [2.24, 2.45) is 0 Å². The van der Waals surface area contributed by atoms with Gasteiger partial charge in [-0.05, 0) is 30.5 Å². The van der Waals surface area contributed by atoms with Gasteiger partial charge in [0, 0.05) is 32.4 Å². The quantitative estimate of drug-likeness (QED) is 0.793. The molecule has 2 amide bonds. The summed E-state index contributed by atoms with van der Waals surface area (Å²) in [6, 6.07) is 7.78. The van der Waals surface area contributed by atoms with Crippen molar-refractivity contribution >= 4 is 11.7 Å². The number of carbonyl (C=O) groups is 1. The standard InChI is InChI=1S/C13H19N3O/c1-15(13(17)16-7-2-3-8-16)10-11-5-4-6-12(14)9-11/h4-6,9H,2-3,7-8,10,14H2,1H3. The first-order valence-corrected chi connectivity index (χ1v) is 6.01. The summed E-state index contributed by atoms with van der Waals surface area (Å²) in [5, 5.41) is 0. The molecule has 4 nitrogen and oxygen atoms in total. The molecule has 1 aromatic rings. The van der Waals surface area contributed by atoms with Crippen LogP contribution in [0.3, 0.4) is 0 Å². The molecule has 1 aliphatic rings. The van der Waals surface area contributed by atoms with Crippen LogP contribution in [-0.2, 0) is 6.54 Å². The minimum Gasteiger partial charge on any atom is -0.399 e. The third-order valence-corrected chi connectivity index (χ3v) is 3.07. The maximum Gasteiger partial charge on any atom is 0.320 e. The van der Waals surface area contributed by atoms with Gasteiger partial charge in [-0.25, -0.2) is 4.79 Å². The maximum atomic E-state index is 12.1. The van der Waals surface area contributed by atoms with Gasteiger partial charge in [0.2, 0.25) is 0 Å². The number of carbonyl (C=O) groups excluding carboxylic acids is 1. The van der Waals surface area contributed by atoms with E-state index < -0.39 is 0 Å². The molecule has 0 bridgehead atoms. The molecule has 0 aliphatic carbocycles. The predicted octanol–water partition coefficient (Wildman–Crippen LogP) is 1.92. The summed E-state index contributed by atoms with van der Waals surface area (Å²) in [6.45, 7) is 2.39. The van der Waals surface area contributed by atoms with Gasteiger partial charge in [0.05, 0.1) is 0 Å². The second kappa shape index (κ2) is 5.08. The summed E-state index contributed by atoms with van der Waals surface area (Å²) in [6.07, 6.45) is 2.25. The summed E-state index contributed by atoms with van der Waals surface area (Å²) < 4.78 is 0. The van der Waals surface area contributed by atoms with E-state index in [0.717, 1.165) is 37.2 Å². The highest BCUT2D eigenvalue weighted by Crippen LogP contribution is 2.13. The van der Waals surface area contributed by atoms with Crippen molar-refractivity contribution < 1.29 is 4.79 Å². The van der Waals surface area contributed by atoms with Gasteiger partial charge in [-0.1, -0.05) is 12.1 Å². The second-order valence-corrected chi connectivity index (χ2v) is 4.58. The van der Waals surface area contributed by atoms with E-state index in [1.54, 1.807) is 4.90 Å². The molecule has 0 aromatic heterocycles. The molecule has 1 aliphatic heterocycles. The molecule has 1 saturated heterocycles. The molecule has 2 N–H and O–H groups in total. The van der Waals surface area contributed by atoms with E-state index in [-0.39, 0.29) is 6.03 Å². The monoisotopic (exact) mass is 233 g/mol. The Bertz CT molecular complexity index is 399. The van der Waals surface area contributed by atoms with Crippen molar-refractivity contribution in [3.05, 3.63) is 29.8 Å². The fourth-order valence-corrected chi connectivity index (χ4v) is 2.18. The highest BCUT2D eigenvalue weighted by Gasteiger charge is 2.21. The van der Waals surface area contributed by atoms with E-state index in [9.17, 15) is 4.79 Å². The molecule has 2 rings (SSSR count). The van der Waals surface area contributed by atoms with Gasteiger partial charge in [-0.15, -0.1) is 0 Å². The lowest BCUT2D eigenvalue weighted by atomic mass is 10.2. The predicted molar refractivity (Wildman–Crippen MR) is 68.5 cm³/mol. The number of nitrogens with zero attached hydrogens (tertiary/aromatic N) is 2. The minimum atomic E-state index is 0.116. The SMILES string of the molecule is CN(Cc1cccc(N)c1)C(=O)N1CCCC1. The lowest BCUT2D eigenvalue weighted by molar-refractivity contribution is 0.171. The largest absolute Gasteiger partial charge is 0.399 e. The zero-order chi connectivity index (χ0) is 12.3. The van der Waals surface area contributed by atoms with Crippen molar-refractivity contribution in [1.82, 2.24) is 9.80 Å². The molecule has 1 fully saturated rings. The fraction of sp³-hybridized carbons (Fsp3) is 0.462. The zero-order valence-electron chi connectivity index (χ0n) is 10.2. The lowest BCUT2D eigenvalue weighted by Crippen LogP contribution is -2.38. The molecular weight excluding hydrogens is 214 g/mol.